The highest BCUT2D eigenvalue weighted by Crippen LogP contribution is 2.43. The third-order valence-electron chi connectivity index (χ3n) is 5.49. The molecule has 3 rings (SSSR count). The number of carbonyl (C=O) groups is 1. The Labute approximate surface area is 161 Å². The lowest BCUT2D eigenvalue weighted by atomic mass is 9.71. The first-order chi connectivity index (χ1) is 13.1. The van der Waals surface area contributed by atoms with E-state index in [2.05, 4.69) is 31.8 Å². The molecule has 1 heterocycles. The first-order valence-electron chi connectivity index (χ1n) is 9.68. The number of carbonyl (C=O) groups excluding carboxylic acids is 1. The maximum atomic E-state index is 11.7. The van der Waals surface area contributed by atoms with Gasteiger partial charge in [0.2, 0.25) is 0 Å². The highest BCUT2D eigenvalue weighted by molar-refractivity contribution is 5.89. The van der Waals surface area contributed by atoms with Crippen LogP contribution in [0.25, 0.3) is 0 Å². The van der Waals surface area contributed by atoms with Gasteiger partial charge in [0, 0.05) is 22.1 Å². The minimum absolute atomic E-state index is 0.187. The second kappa shape index (κ2) is 8.31. The lowest BCUT2D eigenvalue weighted by Gasteiger charge is -2.37. The van der Waals surface area contributed by atoms with Gasteiger partial charge in [0.1, 0.15) is 5.75 Å². The zero-order valence-corrected chi connectivity index (χ0v) is 16.3. The maximum Gasteiger partial charge on any atom is 0.338 e. The smallest absolute Gasteiger partial charge is 0.338 e. The summed E-state index contributed by atoms with van der Waals surface area (Å²) >= 11 is 0. The van der Waals surface area contributed by atoms with Gasteiger partial charge in [-0.1, -0.05) is 25.7 Å². The van der Waals surface area contributed by atoms with Crippen molar-refractivity contribution in [2.45, 2.75) is 45.4 Å². The van der Waals surface area contributed by atoms with Crippen molar-refractivity contribution in [1.82, 2.24) is 0 Å². The third-order valence-corrected chi connectivity index (χ3v) is 5.49. The largest absolute Gasteiger partial charge is 0.493 e. The van der Waals surface area contributed by atoms with Gasteiger partial charge in [-0.2, -0.15) is 0 Å². The van der Waals surface area contributed by atoms with Gasteiger partial charge in [-0.25, -0.2) is 4.79 Å². The summed E-state index contributed by atoms with van der Waals surface area (Å²) in [6, 6.07) is 13.4. The topological polar surface area (TPSA) is 35.5 Å². The molecule has 0 atom stereocenters. The Morgan fingerprint density at radius 1 is 1.04 bits per heavy atom. The fourth-order valence-electron chi connectivity index (χ4n) is 3.67. The standard InChI is InChI=1S/C24H26O3/c1-4-24(5-2)15-16-27-22-14-11-19(17-21(22)24)8-7-18-9-12-20(13-10-18)23(25)26-6-3/h9-14,17H,4-6,15-16H2,1-3H3. The molecule has 1 aliphatic rings. The van der Waals surface area contributed by atoms with Crippen molar-refractivity contribution in [3.8, 4) is 17.6 Å². The Morgan fingerprint density at radius 2 is 1.70 bits per heavy atom. The van der Waals surface area contributed by atoms with Gasteiger partial charge in [-0.15, -0.1) is 0 Å². The molecule has 0 saturated carbocycles. The highest BCUT2D eigenvalue weighted by Gasteiger charge is 2.34. The van der Waals surface area contributed by atoms with Crippen LogP contribution in [0.2, 0.25) is 0 Å². The minimum atomic E-state index is -0.304. The van der Waals surface area contributed by atoms with E-state index in [0.717, 1.165) is 42.7 Å². The molecule has 0 unspecified atom stereocenters. The zero-order valence-electron chi connectivity index (χ0n) is 16.3. The number of hydrogen-bond acceptors (Lipinski definition) is 3. The molecule has 0 spiro atoms. The quantitative estimate of drug-likeness (QED) is 0.560. The van der Waals surface area contributed by atoms with Crippen molar-refractivity contribution in [2.75, 3.05) is 13.2 Å². The molecule has 0 fully saturated rings. The van der Waals surface area contributed by atoms with Crippen molar-refractivity contribution in [3.63, 3.8) is 0 Å². The van der Waals surface area contributed by atoms with Crippen LogP contribution in [-0.4, -0.2) is 19.2 Å². The van der Waals surface area contributed by atoms with E-state index in [1.54, 1.807) is 19.1 Å². The van der Waals surface area contributed by atoms with Gasteiger partial charge in [0.05, 0.1) is 18.8 Å². The number of fused-ring (bicyclic) bond motifs is 1. The summed E-state index contributed by atoms with van der Waals surface area (Å²) in [5, 5.41) is 0. The Morgan fingerprint density at radius 3 is 2.37 bits per heavy atom. The van der Waals surface area contributed by atoms with Crippen LogP contribution in [0.15, 0.2) is 42.5 Å². The molecule has 0 N–H and O–H groups in total. The Kier molecular flexibility index (Phi) is 5.86. The van der Waals surface area contributed by atoms with Crippen molar-refractivity contribution in [2.24, 2.45) is 0 Å². The molecule has 0 bridgehead atoms. The van der Waals surface area contributed by atoms with Crippen molar-refractivity contribution in [3.05, 3.63) is 64.7 Å². The molecule has 27 heavy (non-hydrogen) atoms. The van der Waals surface area contributed by atoms with Crippen LogP contribution in [0.5, 0.6) is 5.75 Å². The van der Waals surface area contributed by atoms with E-state index in [0.29, 0.717) is 12.2 Å². The summed E-state index contributed by atoms with van der Waals surface area (Å²) in [5.74, 6) is 7.13. The predicted molar refractivity (Wildman–Crippen MR) is 107 cm³/mol. The van der Waals surface area contributed by atoms with Crippen molar-refractivity contribution in [1.29, 1.82) is 0 Å². The van der Waals surface area contributed by atoms with Gasteiger partial charge >= 0.3 is 5.97 Å². The second-order valence-electron chi connectivity index (χ2n) is 6.84. The number of hydrogen-bond donors (Lipinski definition) is 0. The predicted octanol–water partition coefficient (Wildman–Crippen LogP) is 5.10. The van der Waals surface area contributed by atoms with Crippen LogP contribution < -0.4 is 4.74 Å². The summed E-state index contributed by atoms with van der Waals surface area (Å²) in [4.78, 5) is 11.7. The van der Waals surface area contributed by atoms with E-state index >= 15 is 0 Å². The van der Waals surface area contributed by atoms with Crippen LogP contribution in [0.4, 0.5) is 0 Å². The highest BCUT2D eigenvalue weighted by atomic mass is 16.5. The van der Waals surface area contributed by atoms with Gasteiger partial charge < -0.3 is 9.47 Å². The molecule has 0 aliphatic carbocycles. The number of benzene rings is 2. The fraction of sp³-hybridized carbons (Fsp3) is 0.375. The zero-order chi connectivity index (χ0) is 19.3. The molecule has 0 amide bonds. The van der Waals surface area contributed by atoms with Crippen LogP contribution in [0, 0.1) is 11.8 Å². The number of rotatable bonds is 4. The van der Waals surface area contributed by atoms with Crippen LogP contribution >= 0.6 is 0 Å². The Balaban J connectivity index is 1.85. The fourth-order valence-corrected chi connectivity index (χ4v) is 3.67. The molecule has 0 aromatic heterocycles. The average molecular weight is 362 g/mol. The Hall–Kier alpha value is -2.73. The number of esters is 1. The third kappa shape index (κ3) is 4.01. The van der Waals surface area contributed by atoms with Crippen LogP contribution in [0.3, 0.4) is 0 Å². The number of ether oxygens (including phenoxy) is 2. The Bertz CT molecular complexity index is 865. The van der Waals surface area contributed by atoms with E-state index in [9.17, 15) is 4.79 Å². The lowest BCUT2D eigenvalue weighted by molar-refractivity contribution is 0.0526. The second-order valence-corrected chi connectivity index (χ2v) is 6.84. The molecule has 2 aromatic carbocycles. The molecule has 0 saturated heterocycles. The molecule has 140 valence electrons. The lowest BCUT2D eigenvalue weighted by Crippen LogP contribution is -2.31. The normalized spacial score (nSPS) is 14.3. The van der Waals surface area contributed by atoms with Gasteiger partial charge in [-0.05, 0) is 68.7 Å². The summed E-state index contributed by atoms with van der Waals surface area (Å²) in [6.07, 6.45) is 3.26. The molecule has 3 heteroatoms. The minimum Gasteiger partial charge on any atom is -0.493 e. The van der Waals surface area contributed by atoms with Crippen LogP contribution in [0.1, 0.15) is 67.1 Å². The SMILES string of the molecule is CCOC(=O)c1ccc(C#Cc2ccc3c(c2)C(CC)(CC)CCO3)cc1. The van der Waals surface area contributed by atoms with E-state index in [4.69, 9.17) is 9.47 Å². The van der Waals surface area contributed by atoms with Crippen molar-refractivity contribution >= 4 is 5.97 Å². The van der Waals surface area contributed by atoms with E-state index in [-0.39, 0.29) is 11.4 Å². The molecular formula is C24H26O3. The van der Waals surface area contributed by atoms with Gasteiger partial charge in [0.25, 0.3) is 0 Å². The van der Waals surface area contributed by atoms with E-state index in [1.165, 1.54) is 5.56 Å². The van der Waals surface area contributed by atoms with Crippen LogP contribution in [-0.2, 0) is 10.2 Å². The van der Waals surface area contributed by atoms with Gasteiger partial charge in [0.15, 0.2) is 0 Å². The van der Waals surface area contributed by atoms with Crippen molar-refractivity contribution < 1.29 is 14.3 Å². The molecule has 1 aliphatic heterocycles. The first-order valence-corrected chi connectivity index (χ1v) is 9.68. The summed E-state index contributed by atoms with van der Waals surface area (Å²) in [7, 11) is 0. The monoisotopic (exact) mass is 362 g/mol. The van der Waals surface area contributed by atoms with E-state index < -0.39 is 0 Å². The molecular weight excluding hydrogens is 336 g/mol. The van der Waals surface area contributed by atoms with E-state index in [1.807, 2.05) is 24.3 Å². The maximum absolute atomic E-state index is 11.7. The molecule has 3 nitrogen and oxygen atoms in total. The average Bonchev–Trinajstić information content (AvgIpc) is 2.72. The molecule has 0 radical (unpaired) electrons. The first kappa shape index (κ1) is 19.0. The molecule has 2 aromatic rings. The summed E-state index contributed by atoms with van der Waals surface area (Å²) < 4.78 is 10.9. The summed E-state index contributed by atoms with van der Waals surface area (Å²) in [5.41, 5.74) is 3.87. The summed E-state index contributed by atoms with van der Waals surface area (Å²) in [6.45, 7) is 7.46. The van der Waals surface area contributed by atoms with Gasteiger partial charge in [-0.3, -0.25) is 0 Å².